The predicted molar refractivity (Wildman–Crippen MR) is 71.7 cm³/mol. The van der Waals surface area contributed by atoms with E-state index >= 15 is 0 Å². The maximum atomic E-state index is 12.3. The lowest BCUT2D eigenvalue weighted by Gasteiger charge is -2.40. The molecule has 2 rings (SSSR count). The Morgan fingerprint density at radius 1 is 1.50 bits per heavy atom. The number of rotatable bonds is 2. The lowest BCUT2D eigenvalue weighted by Crippen LogP contribution is -2.53. The van der Waals surface area contributed by atoms with Crippen LogP contribution in [0.5, 0.6) is 0 Å². The SMILES string of the molecule is CNC(=O)[C@]1(c2cccc(Cl)c2)CCCC[C@@H]1O. The first-order valence-corrected chi connectivity index (χ1v) is 6.65. The molecule has 1 aliphatic carbocycles. The monoisotopic (exact) mass is 267 g/mol. The number of aliphatic hydroxyl groups is 1. The van der Waals surface area contributed by atoms with E-state index in [1.54, 1.807) is 19.2 Å². The molecule has 2 N–H and O–H groups in total. The number of carbonyl (C=O) groups excluding carboxylic acids is 1. The van der Waals surface area contributed by atoms with Gasteiger partial charge in [0.2, 0.25) is 5.91 Å². The van der Waals surface area contributed by atoms with Gasteiger partial charge in [-0.1, -0.05) is 36.6 Å². The zero-order valence-corrected chi connectivity index (χ0v) is 11.2. The van der Waals surface area contributed by atoms with Gasteiger partial charge in [0.15, 0.2) is 0 Å². The third kappa shape index (κ3) is 2.13. The topological polar surface area (TPSA) is 49.3 Å². The van der Waals surface area contributed by atoms with E-state index in [9.17, 15) is 9.90 Å². The molecular formula is C14H18ClNO2. The van der Waals surface area contributed by atoms with Crippen LogP contribution in [-0.2, 0) is 10.2 Å². The molecule has 2 atom stereocenters. The summed E-state index contributed by atoms with van der Waals surface area (Å²) in [5, 5.41) is 13.6. The minimum Gasteiger partial charge on any atom is -0.392 e. The van der Waals surface area contributed by atoms with Gasteiger partial charge in [-0.15, -0.1) is 0 Å². The number of nitrogens with one attached hydrogen (secondary N) is 1. The van der Waals surface area contributed by atoms with E-state index in [1.807, 2.05) is 12.1 Å². The minimum atomic E-state index is -0.849. The molecule has 0 unspecified atom stereocenters. The second-order valence-electron chi connectivity index (χ2n) is 4.82. The van der Waals surface area contributed by atoms with E-state index in [-0.39, 0.29) is 5.91 Å². The highest BCUT2D eigenvalue weighted by atomic mass is 35.5. The van der Waals surface area contributed by atoms with Crippen LogP contribution in [-0.4, -0.2) is 24.2 Å². The summed E-state index contributed by atoms with van der Waals surface area (Å²) in [5.74, 6) is -0.128. The van der Waals surface area contributed by atoms with Crippen molar-refractivity contribution in [1.29, 1.82) is 0 Å². The number of hydrogen-bond donors (Lipinski definition) is 2. The molecule has 1 aromatic carbocycles. The van der Waals surface area contributed by atoms with Crippen molar-refractivity contribution in [2.24, 2.45) is 0 Å². The van der Waals surface area contributed by atoms with E-state index in [4.69, 9.17) is 11.6 Å². The summed E-state index contributed by atoms with van der Waals surface area (Å²) in [6.45, 7) is 0. The van der Waals surface area contributed by atoms with Gasteiger partial charge in [0.05, 0.1) is 11.5 Å². The Labute approximate surface area is 112 Å². The Morgan fingerprint density at radius 3 is 2.89 bits per heavy atom. The molecular weight excluding hydrogens is 250 g/mol. The van der Waals surface area contributed by atoms with Crippen molar-refractivity contribution >= 4 is 17.5 Å². The number of benzene rings is 1. The van der Waals surface area contributed by atoms with E-state index in [0.717, 1.165) is 18.4 Å². The van der Waals surface area contributed by atoms with Crippen LogP contribution in [0.1, 0.15) is 31.2 Å². The Bertz CT molecular complexity index is 449. The highest BCUT2D eigenvalue weighted by Gasteiger charge is 2.47. The summed E-state index contributed by atoms with van der Waals surface area (Å²) in [5.41, 5.74) is -0.0423. The van der Waals surface area contributed by atoms with Gasteiger partial charge >= 0.3 is 0 Å². The van der Waals surface area contributed by atoms with Crippen LogP contribution in [0, 0.1) is 0 Å². The summed E-state index contributed by atoms with van der Waals surface area (Å²) in [6, 6.07) is 7.25. The van der Waals surface area contributed by atoms with Crippen LogP contribution >= 0.6 is 11.6 Å². The fraction of sp³-hybridized carbons (Fsp3) is 0.500. The molecule has 0 aromatic heterocycles. The van der Waals surface area contributed by atoms with Crippen LogP contribution in [0.2, 0.25) is 5.02 Å². The standard InChI is InChI=1S/C14H18ClNO2/c1-16-13(18)14(8-3-2-7-12(14)17)10-5-4-6-11(15)9-10/h4-6,9,12,17H,2-3,7-8H2,1H3,(H,16,18)/t12-,14-/m0/s1. The normalized spacial score (nSPS) is 27.8. The Morgan fingerprint density at radius 2 is 2.28 bits per heavy atom. The van der Waals surface area contributed by atoms with Gasteiger partial charge in [0.1, 0.15) is 0 Å². The first-order chi connectivity index (χ1) is 8.61. The van der Waals surface area contributed by atoms with E-state index in [0.29, 0.717) is 17.9 Å². The third-order valence-corrected chi connectivity index (χ3v) is 4.07. The molecule has 18 heavy (non-hydrogen) atoms. The van der Waals surface area contributed by atoms with Crippen LogP contribution in [0.15, 0.2) is 24.3 Å². The fourth-order valence-corrected chi connectivity index (χ4v) is 3.07. The first kappa shape index (κ1) is 13.4. The average molecular weight is 268 g/mol. The van der Waals surface area contributed by atoms with Crippen molar-refractivity contribution in [3.8, 4) is 0 Å². The van der Waals surface area contributed by atoms with Crippen LogP contribution < -0.4 is 5.32 Å². The molecule has 0 spiro atoms. The van der Waals surface area contributed by atoms with Crippen LogP contribution in [0.3, 0.4) is 0 Å². The van der Waals surface area contributed by atoms with Crippen molar-refractivity contribution in [2.75, 3.05) is 7.05 Å². The lowest BCUT2D eigenvalue weighted by molar-refractivity contribution is -0.132. The maximum Gasteiger partial charge on any atom is 0.233 e. The van der Waals surface area contributed by atoms with Gasteiger partial charge in [-0.05, 0) is 30.5 Å². The number of aliphatic hydroxyl groups excluding tert-OH is 1. The Kier molecular flexibility index (Phi) is 3.93. The first-order valence-electron chi connectivity index (χ1n) is 6.27. The van der Waals surface area contributed by atoms with Crippen molar-refractivity contribution in [3.05, 3.63) is 34.9 Å². The summed E-state index contributed by atoms with van der Waals surface area (Å²) in [7, 11) is 1.61. The molecule has 98 valence electrons. The van der Waals surface area contributed by atoms with Crippen LogP contribution in [0.4, 0.5) is 0 Å². The van der Waals surface area contributed by atoms with Gasteiger partial charge in [-0.2, -0.15) is 0 Å². The molecule has 1 saturated carbocycles. The van der Waals surface area contributed by atoms with Crippen molar-refractivity contribution in [3.63, 3.8) is 0 Å². The summed E-state index contributed by atoms with van der Waals surface area (Å²) in [6.07, 6.45) is 2.57. The summed E-state index contributed by atoms with van der Waals surface area (Å²) < 4.78 is 0. The number of hydrogen-bond acceptors (Lipinski definition) is 2. The van der Waals surface area contributed by atoms with E-state index < -0.39 is 11.5 Å². The molecule has 1 aliphatic rings. The zero-order chi connectivity index (χ0) is 13.2. The molecule has 3 nitrogen and oxygen atoms in total. The van der Waals surface area contributed by atoms with Crippen molar-refractivity contribution in [2.45, 2.75) is 37.2 Å². The summed E-state index contributed by atoms with van der Waals surface area (Å²) in [4.78, 5) is 12.3. The van der Waals surface area contributed by atoms with Gasteiger partial charge < -0.3 is 10.4 Å². The van der Waals surface area contributed by atoms with Gasteiger partial charge in [-0.25, -0.2) is 0 Å². The third-order valence-electron chi connectivity index (χ3n) is 3.84. The molecule has 1 aromatic rings. The molecule has 1 amide bonds. The molecule has 0 bridgehead atoms. The molecule has 4 heteroatoms. The number of likely N-dealkylation sites (N-methyl/N-ethyl adjacent to an activating group) is 1. The van der Waals surface area contributed by atoms with Crippen molar-refractivity contribution in [1.82, 2.24) is 5.32 Å². The molecule has 0 saturated heterocycles. The Hall–Kier alpha value is -1.06. The fourth-order valence-electron chi connectivity index (χ4n) is 2.88. The number of carbonyl (C=O) groups is 1. The van der Waals surface area contributed by atoms with Crippen molar-refractivity contribution < 1.29 is 9.90 Å². The molecule has 1 fully saturated rings. The van der Waals surface area contributed by atoms with Gasteiger partial charge in [0.25, 0.3) is 0 Å². The maximum absolute atomic E-state index is 12.3. The second-order valence-corrected chi connectivity index (χ2v) is 5.26. The van der Waals surface area contributed by atoms with Crippen LogP contribution in [0.25, 0.3) is 0 Å². The predicted octanol–water partition coefficient (Wildman–Crippen LogP) is 2.26. The highest BCUT2D eigenvalue weighted by Crippen LogP contribution is 2.40. The average Bonchev–Trinajstić information content (AvgIpc) is 2.38. The molecule has 0 aliphatic heterocycles. The van der Waals surface area contributed by atoms with E-state index in [1.165, 1.54) is 0 Å². The minimum absolute atomic E-state index is 0.128. The Balaban J connectivity index is 2.51. The summed E-state index contributed by atoms with van der Waals surface area (Å²) >= 11 is 6.01. The largest absolute Gasteiger partial charge is 0.392 e. The number of amides is 1. The van der Waals surface area contributed by atoms with Gasteiger partial charge in [0, 0.05) is 12.1 Å². The highest BCUT2D eigenvalue weighted by molar-refractivity contribution is 6.30. The quantitative estimate of drug-likeness (QED) is 0.864. The lowest BCUT2D eigenvalue weighted by atomic mass is 9.66. The molecule has 0 heterocycles. The van der Waals surface area contributed by atoms with E-state index in [2.05, 4.69) is 5.32 Å². The smallest absolute Gasteiger partial charge is 0.233 e. The second kappa shape index (κ2) is 5.29. The number of halogens is 1. The zero-order valence-electron chi connectivity index (χ0n) is 10.4. The molecule has 0 radical (unpaired) electrons. The van der Waals surface area contributed by atoms with Gasteiger partial charge in [-0.3, -0.25) is 4.79 Å².